The Morgan fingerprint density at radius 1 is 1.25 bits per heavy atom. The molecule has 2 nitrogen and oxygen atoms in total. The first-order valence-corrected chi connectivity index (χ1v) is 4.34. The van der Waals surface area contributed by atoms with Gasteiger partial charge in [0.2, 0.25) is 0 Å². The molecule has 1 aliphatic rings. The van der Waals surface area contributed by atoms with Gasteiger partial charge in [-0.1, -0.05) is 24.4 Å². The highest BCUT2D eigenvalue weighted by atomic mass is 32.1. The van der Waals surface area contributed by atoms with Gasteiger partial charge in [0, 0.05) is 0 Å². The first-order valence-electron chi connectivity index (χ1n) is 3.94. The van der Waals surface area contributed by atoms with Crippen molar-refractivity contribution in [3.8, 4) is 0 Å². The molecule has 0 amide bonds. The van der Waals surface area contributed by atoms with E-state index in [-0.39, 0.29) is 6.04 Å². The fraction of sp³-hybridized carbons (Fsp3) is 0.222. The zero-order valence-corrected chi connectivity index (χ0v) is 7.61. The monoisotopic (exact) mass is 178 g/mol. The summed E-state index contributed by atoms with van der Waals surface area (Å²) in [5.74, 6) is 0. The average Bonchev–Trinajstić information content (AvgIpc) is 2.07. The topological polar surface area (TPSA) is 24.1 Å². The average molecular weight is 178 g/mol. The standard InChI is InChI=1S/C9H10N2S/c1-6-9(12)11-8-5-3-2-4-7(8)10-6/h2-6,10H,1H3,(H,11,12). The van der Waals surface area contributed by atoms with E-state index < -0.39 is 0 Å². The van der Waals surface area contributed by atoms with Gasteiger partial charge in [-0.15, -0.1) is 0 Å². The van der Waals surface area contributed by atoms with Crippen LogP contribution >= 0.6 is 12.2 Å². The molecule has 1 heterocycles. The van der Waals surface area contributed by atoms with E-state index in [0.29, 0.717) is 0 Å². The smallest absolute Gasteiger partial charge is 0.102 e. The lowest BCUT2D eigenvalue weighted by Gasteiger charge is -2.26. The van der Waals surface area contributed by atoms with Crippen LogP contribution in [0, 0.1) is 0 Å². The van der Waals surface area contributed by atoms with Gasteiger partial charge in [-0.05, 0) is 19.1 Å². The maximum Gasteiger partial charge on any atom is 0.102 e. The number of benzene rings is 1. The van der Waals surface area contributed by atoms with Gasteiger partial charge >= 0.3 is 0 Å². The van der Waals surface area contributed by atoms with Crippen LogP contribution in [0.15, 0.2) is 24.3 Å². The van der Waals surface area contributed by atoms with E-state index >= 15 is 0 Å². The van der Waals surface area contributed by atoms with Crippen LogP contribution < -0.4 is 10.6 Å². The number of anilines is 2. The summed E-state index contributed by atoms with van der Waals surface area (Å²) in [4.78, 5) is 0.855. The molecule has 2 rings (SSSR count). The second-order valence-electron chi connectivity index (χ2n) is 2.90. The lowest BCUT2D eigenvalue weighted by Crippen LogP contribution is -2.34. The summed E-state index contributed by atoms with van der Waals surface area (Å²) >= 11 is 5.13. The van der Waals surface area contributed by atoms with Crippen LogP contribution in [0.25, 0.3) is 0 Å². The van der Waals surface area contributed by atoms with Crippen LogP contribution in [0.1, 0.15) is 6.92 Å². The largest absolute Gasteiger partial charge is 0.374 e. The van der Waals surface area contributed by atoms with Gasteiger partial charge in [0.1, 0.15) is 4.99 Å². The predicted octanol–water partition coefficient (Wildman–Crippen LogP) is 2.24. The van der Waals surface area contributed by atoms with Crippen molar-refractivity contribution in [1.82, 2.24) is 0 Å². The summed E-state index contributed by atoms with van der Waals surface area (Å²) in [6, 6.07) is 8.29. The van der Waals surface area contributed by atoms with Crippen molar-refractivity contribution in [1.29, 1.82) is 0 Å². The number of fused-ring (bicyclic) bond motifs is 1. The summed E-state index contributed by atoms with van der Waals surface area (Å²) < 4.78 is 0. The van der Waals surface area contributed by atoms with Gasteiger partial charge in [0.05, 0.1) is 17.4 Å². The Hall–Kier alpha value is -1.09. The van der Waals surface area contributed by atoms with E-state index in [9.17, 15) is 0 Å². The van der Waals surface area contributed by atoms with Crippen LogP contribution in [0.5, 0.6) is 0 Å². The highest BCUT2D eigenvalue weighted by Crippen LogP contribution is 2.25. The molecule has 1 aliphatic heterocycles. The fourth-order valence-corrected chi connectivity index (χ4v) is 1.43. The van der Waals surface area contributed by atoms with Crippen molar-refractivity contribution in [2.24, 2.45) is 0 Å². The number of hydrogen-bond donors (Lipinski definition) is 2. The third-order valence-corrected chi connectivity index (χ3v) is 2.41. The first-order chi connectivity index (χ1) is 5.77. The predicted molar refractivity (Wildman–Crippen MR) is 55.7 cm³/mol. The molecule has 0 aliphatic carbocycles. The number of rotatable bonds is 0. The second-order valence-corrected chi connectivity index (χ2v) is 3.34. The van der Waals surface area contributed by atoms with Crippen LogP contribution in [0.3, 0.4) is 0 Å². The maximum atomic E-state index is 5.13. The number of para-hydroxylation sites is 2. The zero-order valence-electron chi connectivity index (χ0n) is 6.79. The minimum absolute atomic E-state index is 0.231. The zero-order chi connectivity index (χ0) is 8.55. The summed E-state index contributed by atoms with van der Waals surface area (Å²) in [6.07, 6.45) is 0. The first kappa shape index (κ1) is 7.55. The molecule has 1 aromatic carbocycles. The molecule has 3 heteroatoms. The van der Waals surface area contributed by atoms with Gasteiger partial charge in [0.15, 0.2) is 0 Å². The molecular weight excluding hydrogens is 168 g/mol. The number of nitrogens with one attached hydrogen (secondary N) is 2. The maximum absolute atomic E-state index is 5.13. The van der Waals surface area contributed by atoms with Crippen molar-refractivity contribution in [3.05, 3.63) is 24.3 Å². The Labute approximate surface area is 77.0 Å². The molecule has 1 aromatic rings. The van der Waals surface area contributed by atoms with Crippen molar-refractivity contribution >= 4 is 28.6 Å². The van der Waals surface area contributed by atoms with E-state index in [1.807, 2.05) is 31.2 Å². The summed E-state index contributed by atoms with van der Waals surface area (Å²) in [7, 11) is 0. The summed E-state index contributed by atoms with van der Waals surface area (Å²) in [5.41, 5.74) is 2.19. The minimum atomic E-state index is 0.231. The number of thiocarbonyl (C=S) groups is 1. The highest BCUT2D eigenvalue weighted by Gasteiger charge is 2.16. The summed E-state index contributed by atoms with van der Waals surface area (Å²) in [5, 5.41) is 6.48. The Morgan fingerprint density at radius 2 is 1.92 bits per heavy atom. The molecule has 62 valence electrons. The normalized spacial score (nSPS) is 20.8. The number of hydrogen-bond acceptors (Lipinski definition) is 2. The van der Waals surface area contributed by atoms with Crippen molar-refractivity contribution < 1.29 is 0 Å². The van der Waals surface area contributed by atoms with E-state index in [0.717, 1.165) is 16.4 Å². The third kappa shape index (κ3) is 1.16. The van der Waals surface area contributed by atoms with E-state index in [1.165, 1.54) is 0 Å². The quantitative estimate of drug-likeness (QED) is 0.596. The molecule has 12 heavy (non-hydrogen) atoms. The van der Waals surface area contributed by atoms with Crippen LogP contribution in [-0.2, 0) is 0 Å². The van der Waals surface area contributed by atoms with Crippen molar-refractivity contribution in [2.45, 2.75) is 13.0 Å². The molecule has 1 unspecified atom stereocenters. The Morgan fingerprint density at radius 3 is 2.67 bits per heavy atom. The molecule has 0 aromatic heterocycles. The van der Waals surface area contributed by atoms with Crippen molar-refractivity contribution in [3.63, 3.8) is 0 Å². The van der Waals surface area contributed by atoms with Crippen LogP contribution in [0.4, 0.5) is 11.4 Å². The molecule has 1 atom stereocenters. The molecule has 0 saturated heterocycles. The molecular formula is C9H10N2S. The van der Waals surface area contributed by atoms with Crippen LogP contribution in [0.2, 0.25) is 0 Å². The van der Waals surface area contributed by atoms with E-state index in [2.05, 4.69) is 10.6 Å². The molecule has 0 radical (unpaired) electrons. The second kappa shape index (κ2) is 2.75. The lowest BCUT2D eigenvalue weighted by atomic mass is 10.2. The van der Waals surface area contributed by atoms with Gasteiger partial charge in [-0.2, -0.15) is 0 Å². The Balaban J connectivity index is 2.40. The van der Waals surface area contributed by atoms with Gasteiger partial charge in [-0.25, -0.2) is 0 Å². The molecule has 2 N–H and O–H groups in total. The SMILES string of the molecule is CC1Nc2ccccc2NC1=S. The molecule has 0 fully saturated rings. The van der Waals surface area contributed by atoms with E-state index in [4.69, 9.17) is 12.2 Å². The lowest BCUT2D eigenvalue weighted by molar-refractivity contribution is 1.05. The van der Waals surface area contributed by atoms with Crippen LogP contribution in [-0.4, -0.2) is 11.0 Å². The van der Waals surface area contributed by atoms with Crippen molar-refractivity contribution in [2.75, 3.05) is 10.6 Å². The fourth-order valence-electron chi connectivity index (χ4n) is 1.26. The van der Waals surface area contributed by atoms with Gasteiger partial charge < -0.3 is 10.6 Å². The highest BCUT2D eigenvalue weighted by molar-refractivity contribution is 7.80. The molecule has 0 bridgehead atoms. The molecule has 0 saturated carbocycles. The third-order valence-electron chi connectivity index (χ3n) is 1.95. The minimum Gasteiger partial charge on any atom is -0.374 e. The van der Waals surface area contributed by atoms with Gasteiger partial charge in [-0.3, -0.25) is 0 Å². The molecule has 0 spiro atoms. The Kier molecular flexibility index (Phi) is 1.73. The van der Waals surface area contributed by atoms with Gasteiger partial charge in [0.25, 0.3) is 0 Å². The Bertz CT molecular complexity index is 322. The summed E-state index contributed by atoms with van der Waals surface area (Å²) in [6.45, 7) is 2.05. The van der Waals surface area contributed by atoms with E-state index in [1.54, 1.807) is 0 Å².